The lowest BCUT2D eigenvalue weighted by molar-refractivity contribution is 1.06. The van der Waals surface area contributed by atoms with Crippen molar-refractivity contribution in [3.8, 4) is 85.4 Å². The SMILES string of the molecule is O=c1sc2c(-n3c4ccccc4c4ccccc43)c(-n3c4ccccc4c4ccccc43)c(-n3c4ccccc4c4ccccc43)cc2c(-c2nc(-c3ccccc3)nc(-c3ccccc3)n2)c1-c1nc(-c2ccccc2)nc(-c2ccccc2)n1. The van der Waals surface area contributed by atoms with Crippen LogP contribution in [0.5, 0.6) is 0 Å². The Balaban J connectivity index is 1.15. The fourth-order valence-corrected chi connectivity index (χ4v) is 13.7. The van der Waals surface area contributed by atoms with Crippen molar-refractivity contribution < 1.29 is 0 Å². The molecule has 0 aliphatic rings. The van der Waals surface area contributed by atoms with Gasteiger partial charge < -0.3 is 13.7 Å². The van der Waals surface area contributed by atoms with Crippen molar-refractivity contribution in [2.75, 3.05) is 0 Å². The number of aromatic nitrogens is 9. The van der Waals surface area contributed by atoms with Gasteiger partial charge in [-0.3, -0.25) is 4.79 Å². The second kappa shape index (κ2) is 19.8. The summed E-state index contributed by atoms with van der Waals surface area (Å²) in [7, 11) is 0. The zero-order valence-electron chi connectivity index (χ0n) is 45.8. The summed E-state index contributed by atoms with van der Waals surface area (Å²) < 4.78 is 7.61. The Bertz CT molecular complexity index is 5350. The molecule has 86 heavy (non-hydrogen) atoms. The van der Waals surface area contributed by atoms with Crippen LogP contribution in [0.1, 0.15) is 0 Å². The first-order valence-corrected chi connectivity index (χ1v) is 29.3. The molecule has 0 atom stereocenters. The highest BCUT2D eigenvalue weighted by atomic mass is 32.1. The maximum atomic E-state index is 16.8. The standard InChI is InChI=1S/C75H45N9OS/c85-75-65(74-80-71(48-29-9-3-10-30-48)77-72(81-74)49-31-11-4-12-32-49)64(73-78-69(46-25-5-1-6-26-46)76-70(79-73)47-27-7-2-8-28-47)56-45-63(82-57-39-19-13-33-50(57)51-34-14-20-40-58(51)82)66(83-59-41-21-15-35-52(59)53-36-16-22-42-60(53)83)67(68(56)86-75)84-61-43-23-17-37-54(61)55-38-18-24-44-62(55)84/h1-45H. The van der Waals surface area contributed by atoms with E-state index in [4.69, 9.17) is 29.9 Å². The van der Waals surface area contributed by atoms with Gasteiger partial charge in [-0.25, -0.2) is 29.9 Å². The Morgan fingerprint density at radius 1 is 0.256 bits per heavy atom. The van der Waals surface area contributed by atoms with Crippen LogP contribution in [0, 0.1) is 0 Å². The number of fused-ring (bicyclic) bond motifs is 10. The van der Waals surface area contributed by atoms with Crippen molar-refractivity contribution in [3.05, 3.63) is 283 Å². The molecule has 11 aromatic carbocycles. The molecule has 0 amide bonds. The van der Waals surface area contributed by atoms with E-state index in [0.717, 1.165) is 105 Å². The zero-order valence-corrected chi connectivity index (χ0v) is 46.6. The van der Waals surface area contributed by atoms with Crippen LogP contribution >= 0.6 is 11.3 Å². The highest BCUT2D eigenvalue weighted by Crippen LogP contribution is 2.49. The fraction of sp³-hybridized carbons (Fsp3) is 0. The van der Waals surface area contributed by atoms with Gasteiger partial charge in [-0.2, -0.15) is 0 Å². The van der Waals surface area contributed by atoms with Gasteiger partial charge in [0.25, 0.3) is 0 Å². The van der Waals surface area contributed by atoms with Crippen LogP contribution in [0.4, 0.5) is 0 Å². The number of nitrogens with zero attached hydrogens (tertiary/aromatic N) is 9. The van der Waals surface area contributed by atoms with Crippen LogP contribution in [0.25, 0.3) is 161 Å². The van der Waals surface area contributed by atoms with Crippen molar-refractivity contribution in [1.29, 1.82) is 0 Å². The largest absolute Gasteiger partial charge is 0.307 e. The number of hydrogen-bond acceptors (Lipinski definition) is 8. The molecule has 6 heterocycles. The molecule has 6 aromatic heterocycles. The molecule has 0 bridgehead atoms. The van der Waals surface area contributed by atoms with Crippen LogP contribution in [0.3, 0.4) is 0 Å². The number of para-hydroxylation sites is 6. The molecule has 17 rings (SSSR count). The van der Waals surface area contributed by atoms with Gasteiger partial charge in [0.1, 0.15) is 0 Å². The molecule has 0 saturated carbocycles. The average molecular weight is 1120 g/mol. The lowest BCUT2D eigenvalue weighted by atomic mass is 10.0. The molecular formula is C75H45N9OS. The summed E-state index contributed by atoms with van der Waals surface area (Å²) in [6, 6.07) is 93.5. The monoisotopic (exact) mass is 1120 g/mol. The van der Waals surface area contributed by atoms with Gasteiger partial charge in [-0.1, -0.05) is 242 Å². The maximum Gasteiger partial charge on any atom is 0.244 e. The minimum absolute atomic E-state index is 0.182. The van der Waals surface area contributed by atoms with E-state index >= 15 is 4.79 Å². The molecule has 0 aliphatic carbocycles. The second-order valence-corrected chi connectivity index (χ2v) is 22.3. The Hall–Kier alpha value is -11.5. The van der Waals surface area contributed by atoms with Crippen molar-refractivity contribution in [1.82, 2.24) is 43.6 Å². The van der Waals surface area contributed by atoms with Gasteiger partial charge >= 0.3 is 0 Å². The normalized spacial score (nSPS) is 11.8. The lowest BCUT2D eigenvalue weighted by Crippen LogP contribution is -2.14. The van der Waals surface area contributed by atoms with Crippen LogP contribution in [-0.2, 0) is 0 Å². The molecular weight excluding hydrogens is 1070 g/mol. The van der Waals surface area contributed by atoms with Gasteiger partial charge in [-0.15, -0.1) is 0 Å². The Kier molecular flexibility index (Phi) is 11.3. The second-order valence-electron chi connectivity index (χ2n) is 21.3. The molecule has 0 radical (unpaired) electrons. The van der Waals surface area contributed by atoms with E-state index in [2.05, 4.69) is 165 Å². The minimum Gasteiger partial charge on any atom is -0.307 e. The summed E-state index contributed by atoms with van der Waals surface area (Å²) in [5, 5.41) is 7.23. The van der Waals surface area contributed by atoms with Crippen molar-refractivity contribution >= 4 is 86.8 Å². The quantitative estimate of drug-likeness (QED) is 0.142. The minimum atomic E-state index is -0.292. The van der Waals surface area contributed by atoms with Gasteiger partial charge in [0, 0.05) is 65.5 Å². The molecule has 0 unspecified atom stereocenters. The van der Waals surface area contributed by atoms with E-state index in [9.17, 15) is 0 Å². The van der Waals surface area contributed by atoms with E-state index < -0.39 is 0 Å². The fourth-order valence-electron chi connectivity index (χ4n) is 12.7. The topological polar surface area (TPSA) is 109 Å². The third-order valence-corrected chi connectivity index (χ3v) is 17.4. The predicted molar refractivity (Wildman–Crippen MR) is 350 cm³/mol. The van der Waals surface area contributed by atoms with Crippen molar-refractivity contribution in [2.24, 2.45) is 0 Å². The molecule has 11 heteroatoms. The molecule has 0 aliphatic heterocycles. The molecule has 402 valence electrons. The summed E-state index contributed by atoms with van der Waals surface area (Å²) in [5.41, 5.74) is 12.2. The predicted octanol–water partition coefficient (Wildman–Crippen LogP) is 17.9. The smallest absolute Gasteiger partial charge is 0.244 e. The van der Waals surface area contributed by atoms with Crippen LogP contribution < -0.4 is 4.74 Å². The molecule has 0 saturated heterocycles. The third-order valence-electron chi connectivity index (χ3n) is 16.4. The number of rotatable bonds is 9. The molecule has 17 aromatic rings. The Labute approximate surface area is 495 Å². The zero-order chi connectivity index (χ0) is 56.8. The summed E-state index contributed by atoms with van der Waals surface area (Å²) in [4.78, 5) is 48.9. The number of hydrogen-bond donors (Lipinski definition) is 0. The first-order chi connectivity index (χ1) is 42.6. The van der Waals surface area contributed by atoms with Crippen LogP contribution in [0.2, 0.25) is 0 Å². The summed E-state index contributed by atoms with van der Waals surface area (Å²) in [6.45, 7) is 0. The summed E-state index contributed by atoms with van der Waals surface area (Å²) >= 11 is 1.18. The van der Waals surface area contributed by atoms with Gasteiger partial charge in [0.15, 0.2) is 34.9 Å². The van der Waals surface area contributed by atoms with E-state index in [1.54, 1.807) is 0 Å². The highest BCUT2D eigenvalue weighted by Gasteiger charge is 2.32. The first-order valence-electron chi connectivity index (χ1n) is 28.5. The Morgan fingerprint density at radius 3 is 0.860 bits per heavy atom. The molecule has 10 nitrogen and oxygen atoms in total. The van der Waals surface area contributed by atoms with Gasteiger partial charge in [0.05, 0.1) is 60.4 Å². The maximum absolute atomic E-state index is 16.8. The van der Waals surface area contributed by atoms with E-state index in [1.165, 1.54) is 11.3 Å². The first kappa shape index (κ1) is 49.1. The van der Waals surface area contributed by atoms with Crippen LogP contribution in [-0.4, -0.2) is 43.6 Å². The van der Waals surface area contributed by atoms with E-state index in [-0.39, 0.29) is 22.0 Å². The average Bonchev–Trinajstić information content (AvgIpc) is 1.73. The molecule has 0 spiro atoms. The summed E-state index contributed by atoms with van der Waals surface area (Å²) in [6.07, 6.45) is 0. The third kappa shape index (κ3) is 7.76. The lowest BCUT2D eigenvalue weighted by Gasteiger charge is -2.25. The van der Waals surface area contributed by atoms with Crippen molar-refractivity contribution in [2.45, 2.75) is 0 Å². The van der Waals surface area contributed by atoms with Gasteiger partial charge in [0.2, 0.25) is 4.74 Å². The Morgan fingerprint density at radius 2 is 0.523 bits per heavy atom. The summed E-state index contributed by atoms with van der Waals surface area (Å²) in [5.74, 6) is 2.15. The number of benzene rings is 11. The van der Waals surface area contributed by atoms with E-state index in [1.807, 2.05) is 121 Å². The molecule has 0 fully saturated rings. The molecule has 0 N–H and O–H groups in total. The van der Waals surface area contributed by atoms with Gasteiger partial charge in [-0.05, 0) is 42.5 Å². The van der Waals surface area contributed by atoms with E-state index in [0.29, 0.717) is 38.9 Å². The highest BCUT2D eigenvalue weighted by molar-refractivity contribution is 7.17. The van der Waals surface area contributed by atoms with Crippen LogP contribution in [0.15, 0.2) is 278 Å². The van der Waals surface area contributed by atoms with Crippen molar-refractivity contribution in [3.63, 3.8) is 0 Å².